The van der Waals surface area contributed by atoms with Crippen LogP contribution in [0.2, 0.25) is 0 Å². The van der Waals surface area contributed by atoms with E-state index in [2.05, 4.69) is 14.8 Å². The zero-order chi connectivity index (χ0) is 27.4. The summed E-state index contributed by atoms with van der Waals surface area (Å²) in [5.41, 5.74) is 4.33. The third kappa shape index (κ3) is 5.93. The molecule has 9 nitrogen and oxygen atoms in total. The maximum Gasteiger partial charge on any atom is 0.341 e. The van der Waals surface area contributed by atoms with E-state index in [4.69, 9.17) is 9.84 Å². The minimum atomic E-state index is -1.02. The van der Waals surface area contributed by atoms with Crippen molar-refractivity contribution in [3.8, 4) is 11.4 Å². The quantitative estimate of drug-likeness (QED) is 0.341. The Bertz CT molecular complexity index is 1470. The number of hydrogen-bond acceptors (Lipinski definition) is 7. The fraction of sp³-hybridized carbons (Fsp3) is 0.333. The van der Waals surface area contributed by atoms with Crippen molar-refractivity contribution >= 4 is 28.3 Å². The third-order valence-corrected chi connectivity index (χ3v) is 7.09. The Hall–Kier alpha value is -4.24. The number of carboxylic acids is 1. The lowest BCUT2D eigenvalue weighted by Crippen LogP contribution is -2.35. The van der Waals surface area contributed by atoms with E-state index in [-0.39, 0.29) is 11.8 Å². The molecule has 0 saturated carbocycles. The number of carbonyl (C=O) groups excluding carboxylic acids is 1. The number of anilines is 1. The highest BCUT2D eigenvalue weighted by Crippen LogP contribution is 2.39. The number of ketones is 1. The van der Waals surface area contributed by atoms with Gasteiger partial charge in [0.15, 0.2) is 6.61 Å². The minimum Gasteiger partial charge on any atom is -0.479 e. The molecule has 2 aromatic heterocycles. The number of hydrogen-bond donors (Lipinski definition) is 1. The molecule has 1 unspecified atom stereocenters. The lowest BCUT2D eigenvalue weighted by molar-refractivity contribution is -0.139. The standard InChI is InChI=1S/C30H33N5O4/c1-21-18-23-8-6-12-31-28(23)29(30(21)39-20-27(37)38)34-14-7-13-33(16-17-34)26(19-22(2)36)25-11-15-35(32-25)24-9-4-3-5-10-24/h3-6,8-12,15,18,26H,7,13-14,16-17,19-20H2,1-2H3,(H,37,38). The highest BCUT2D eigenvalue weighted by Gasteiger charge is 2.29. The predicted molar refractivity (Wildman–Crippen MR) is 150 cm³/mol. The van der Waals surface area contributed by atoms with Crippen LogP contribution in [0.5, 0.6) is 5.75 Å². The average Bonchev–Trinajstić information content (AvgIpc) is 3.29. The maximum atomic E-state index is 12.3. The molecule has 2 aromatic carbocycles. The van der Waals surface area contributed by atoms with Crippen LogP contribution in [0.25, 0.3) is 16.6 Å². The van der Waals surface area contributed by atoms with Crippen molar-refractivity contribution in [3.05, 3.63) is 78.2 Å². The van der Waals surface area contributed by atoms with Gasteiger partial charge in [-0.1, -0.05) is 24.3 Å². The van der Waals surface area contributed by atoms with E-state index in [9.17, 15) is 14.7 Å². The summed E-state index contributed by atoms with van der Waals surface area (Å²) < 4.78 is 7.67. The second-order valence-electron chi connectivity index (χ2n) is 9.95. The SMILES string of the molecule is CC(=O)CC(c1ccn(-c2ccccc2)n1)N1CCCN(c2c(OCC(=O)O)c(C)cc3cccnc23)CC1. The van der Waals surface area contributed by atoms with Crippen molar-refractivity contribution in [2.75, 3.05) is 37.7 Å². The number of rotatable bonds is 9. The lowest BCUT2D eigenvalue weighted by Gasteiger charge is -2.30. The molecular weight excluding hydrogens is 494 g/mol. The molecule has 0 bridgehead atoms. The summed E-state index contributed by atoms with van der Waals surface area (Å²) in [5.74, 6) is -0.349. The van der Waals surface area contributed by atoms with E-state index in [0.717, 1.165) is 53.0 Å². The molecular formula is C30H33N5O4. The summed E-state index contributed by atoms with van der Waals surface area (Å²) in [6.45, 7) is 6.07. The highest BCUT2D eigenvalue weighted by molar-refractivity contribution is 5.95. The minimum absolute atomic E-state index is 0.119. The zero-order valence-electron chi connectivity index (χ0n) is 22.3. The van der Waals surface area contributed by atoms with Crippen molar-refractivity contribution in [3.63, 3.8) is 0 Å². The molecule has 0 amide bonds. The molecule has 0 aliphatic carbocycles. The number of benzene rings is 2. The van der Waals surface area contributed by atoms with Gasteiger partial charge in [0, 0.05) is 50.4 Å². The number of carbonyl (C=O) groups is 2. The molecule has 1 N–H and O–H groups in total. The topological polar surface area (TPSA) is 101 Å². The van der Waals surface area contributed by atoms with Crippen molar-refractivity contribution < 1.29 is 19.4 Å². The van der Waals surface area contributed by atoms with E-state index in [1.165, 1.54) is 0 Å². The number of fused-ring (bicyclic) bond motifs is 1. The Morgan fingerprint density at radius 1 is 1.05 bits per heavy atom. The van der Waals surface area contributed by atoms with Gasteiger partial charge >= 0.3 is 5.97 Å². The largest absolute Gasteiger partial charge is 0.479 e. The van der Waals surface area contributed by atoms with E-state index in [1.54, 1.807) is 13.1 Å². The summed E-state index contributed by atoms with van der Waals surface area (Å²) in [6, 6.07) is 17.7. The van der Waals surface area contributed by atoms with Crippen LogP contribution in [0.4, 0.5) is 5.69 Å². The van der Waals surface area contributed by atoms with Crippen LogP contribution >= 0.6 is 0 Å². The number of ether oxygens (including phenoxy) is 1. The van der Waals surface area contributed by atoms with Gasteiger partial charge in [0.05, 0.1) is 22.9 Å². The molecule has 1 fully saturated rings. The summed E-state index contributed by atoms with van der Waals surface area (Å²) in [4.78, 5) is 32.9. The molecule has 1 aliphatic heterocycles. The number of Topliss-reactive ketones (excluding diaryl/α,β-unsaturated/α-hetero) is 1. The Balaban J connectivity index is 1.44. The van der Waals surface area contributed by atoms with Crippen molar-refractivity contribution in [2.24, 2.45) is 0 Å². The molecule has 5 rings (SSSR count). The smallest absolute Gasteiger partial charge is 0.341 e. The lowest BCUT2D eigenvalue weighted by atomic mass is 10.1. The van der Waals surface area contributed by atoms with Crippen LogP contribution in [0.15, 0.2) is 67.0 Å². The molecule has 1 aliphatic rings. The van der Waals surface area contributed by atoms with Gasteiger partial charge in [-0.15, -0.1) is 0 Å². The Kier molecular flexibility index (Phi) is 7.88. The first-order chi connectivity index (χ1) is 18.9. The first kappa shape index (κ1) is 26.4. The van der Waals surface area contributed by atoms with E-state index in [1.807, 2.05) is 72.4 Å². The number of para-hydroxylation sites is 1. The van der Waals surface area contributed by atoms with Crippen LogP contribution in [0.3, 0.4) is 0 Å². The fourth-order valence-corrected chi connectivity index (χ4v) is 5.34. The normalized spacial score (nSPS) is 15.2. The number of aromatic nitrogens is 3. The number of pyridine rings is 1. The van der Waals surface area contributed by atoms with Crippen molar-refractivity contribution in [1.29, 1.82) is 0 Å². The maximum absolute atomic E-state index is 12.3. The Labute approximate surface area is 227 Å². The van der Waals surface area contributed by atoms with Gasteiger partial charge in [0.1, 0.15) is 17.2 Å². The number of nitrogens with zero attached hydrogens (tertiary/aromatic N) is 5. The van der Waals surface area contributed by atoms with E-state index >= 15 is 0 Å². The van der Waals surface area contributed by atoms with Gasteiger partial charge in [-0.05, 0) is 56.2 Å². The van der Waals surface area contributed by atoms with Gasteiger partial charge in [0.25, 0.3) is 0 Å². The molecule has 9 heteroatoms. The van der Waals surface area contributed by atoms with Crippen LogP contribution in [-0.2, 0) is 9.59 Å². The predicted octanol–water partition coefficient (Wildman–Crippen LogP) is 4.42. The summed E-state index contributed by atoms with van der Waals surface area (Å²) >= 11 is 0. The van der Waals surface area contributed by atoms with Crippen molar-refractivity contribution in [2.45, 2.75) is 32.7 Å². The molecule has 4 aromatic rings. The summed E-state index contributed by atoms with van der Waals surface area (Å²) in [5, 5.41) is 15.1. The van der Waals surface area contributed by atoms with E-state index in [0.29, 0.717) is 25.3 Å². The van der Waals surface area contributed by atoms with Gasteiger partial charge in [-0.25, -0.2) is 9.48 Å². The number of aryl methyl sites for hydroxylation is 1. The number of carboxylic acid groups (broad SMARTS) is 1. The monoisotopic (exact) mass is 527 g/mol. The average molecular weight is 528 g/mol. The molecule has 1 saturated heterocycles. The highest BCUT2D eigenvalue weighted by atomic mass is 16.5. The molecule has 0 radical (unpaired) electrons. The first-order valence-electron chi connectivity index (χ1n) is 13.2. The van der Waals surface area contributed by atoms with Crippen LogP contribution in [0, 0.1) is 6.92 Å². The Morgan fingerprint density at radius 2 is 1.87 bits per heavy atom. The van der Waals surface area contributed by atoms with Crippen LogP contribution in [0.1, 0.15) is 37.1 Å². The molecule has 202 valence electrons. The molecule has 1 atom stereocenters. The fourth-order valence-electron chi connectivity index (χ4n) is 5.34. The van der Waals surface area contributed by atoms with Gasteiger partial charge in [-0.3, -0.25) is 14.7 Å². The van der Waals surface area contributed by atoms with Crippen LogP contribution < -0.4 is 9.64 Å². The molecule has 39 heavy (non-hydrogen) atoms. The van der Waals surface area contributed by atoms with Crippen LogP contribution in [-0.4, -0.2) is 69.3 Å². The van der Waals surface area contributed by atoms with Gasteiger partial charge < -0.3 is 14.7 Å². The second-order valence-corrected chi connectivity index (χ2v) is 9.95. The summed E-state index contributed by atoms with van der Waals surface area (Å²) in [7, 11) is 0. The first-order valence-corrected chi connectivity index (χ1v) is 13.2. The van der Waals surface area contributed by atoms with Gasteiger partial charge in [0.2, 0.25) is 0 Å². The number of aliphatic carboxylic acids is 1. The van der Waals surface area contributed by atoms with E-state index < -0.39 is 12.6 Å². The summed E-state index contributed by atoms with van der Waals surface area (Å²) in [6.07, 6.45) is 4.93. The van der Waals surface area contributed by atoms with Gasteiger partial charge in [-0.2, -0.15) is 5.10 Å². The zero-order valence-corrected chi connectivity index (χ0v) is 22.3. The molecule has 0 spiro atoms. The second kappa shape index (κ2) is 11.7. The third-order valence-electron chi connectivity index (χ3n) is 7.09. The Morgan fingerprint density at radius 3 is 2.64 bits per heavy atom. The van der Waals surface area contributed by atoms with Crippen molar-refractivity contribution in [1.82, 2.24) is 19.7 Å². The molecule has 3 heterocycles.